The van der Waals surface area contributed by atoms with Gasteiger partial charge >= 0.3 is 6.03 Å². The fourth-order valence-corrected chi connectivity index (χ4v) is 3.50. The van der Waals surface area contributed by atoms with Crippen LogP contribution in [0.5, 0.6) is 0 Å². The van der Waals surface area contributed by atoms with Crippen molar-refractivity contribution in [3.8, 4) is 0 Å². The molecule has 1 saturated heterocycles. The van der Waals surface area contributed by atoms with Gasteiger partial charge in [0.1, 0.15) is 5.01 Å². The maximum atomic E-state index is 12.2. The molecule has 2 aliphatic rings. The minimum Gasteiger partial charge on any atom is -0.371 e. The number of carbonyl (C=O) groups is 1. The molecule has 1 aromatic heterocycles. The molecular formula is C12H18N4O2S. The topological polar surface area (TPSA) is 69.6 Å². The Balaban J connectivity index is 1.77. The van der Waals surface area contributed by atoms with Crippen LogP contribution in [-0.4, -0.2) is 45.6 Å². The maximum absolute atomic E-state index is 12.2. The summed E-state index contributed by atoms with van der Waals surface area (Å²) >= 11 is 1.44. The van der Waals surface area contributed by atoms with Crippen LogP contribution in [0.2, 0.25) is 0 Å². The second kappa shape index (κ2) is 5.05. The van der Waals surface area contributed by atoms with Gasteiger partial charge in [-0.3, -0.25) is 0 Å². The van der Waals surface area contributed by atoms with Crippen LogP contribution in [0.15, 0.2) is 0 Å². The van der Waals surface area contributed by atoms with E-state index in [-0.39, 0.29) is 6.03 Å². The summed E-state index contributed by atoms with van der Waals surface area (Å²) in [4.78, 5) is 15.2. The SMILES string of the molecule is CCCN1CC(O)N(c2nnc(C3CCC3)s2)C1=O. The normalized spacial score (nSPS) is 24.1. The second-order valence-corrected chi connectivity index (χ2v) is 6.12. The third-order valence-electron chi connectivity index (χ3n) is 3.74. The average molecular weight is 282 g/mol. The highest BCUT2D eigenvalue weighted by atomic mass is 32.1. The quantitative estimate of drug-likeness (QED) is 0.914. The Morgan fingerprint density at radius 1 is 1.42 bits per heavy atom. The van der Waals surface area contributed by atoms with Crippen molar-refractivity contribution in [1.29, 1.82) is 0 Å². The van der Waals surface area contributed by atoms with Crippen LogP contribution in [0.25, 0.3) is 0 Å². The Hall–Kier alpha value is -1.21. The third-order valence-corrected chi connectivity index (χ3v) is 4.83. The summed E-state index contributed by atoms with van der Waals surface area (Å²) in [5.74, 6) is 0.507. The van der Waals surface area contributed by atoms with Crippen molar-refractivity contribution in [2.75, 3.05) is 18.0 Å². The molecule has 0 radical (unpaired) electrons. The van der Waals surface area contributed by atoms with E-state index in [1.807, 2.05) is 6.92 Å². The molecule has 1 N–H and O–H groups in total. The predicted octanol–water partition coefficient (Wildman–Crippen LogP) is 1.78. The highest BCUT2D eigenvalue weighted by Crippen LogP contribution is 2.40. The van der Waals surface area contributed by atoms with Gasteiger partial charge in [-0.15, -0.1) is 10.2 Å². The maximum Gasteiger partial charge on any atom is 0.328 e. The average Bonchev–Trinajstić information content (AvgIpc) is 2.84. The number of nitrogens with zero attached hydrogens (tertiary/aromatic N) is 4. The lowest BCUT2D eigenvalue weighted by atomic mass is 9.86. The van der Waals surface area contributed by atoms with Gasteiger partial charge < -0.3 is 10.0 Å². The molecular weight excluding hydrogens is 264 g/mol. The van der Waals surface area contributed by atoms with Gasteiger partial charge in [0.15, 0.2) is 6.23 Å². The van der Waals surface area contributed by atoms with Gasteiger partial charge in [-0.05, 0) is 19.3 Å². The van der Waals surface area contributed by atoms with Crippen molar-refractivity contribution < 1.29 is 9.90 Å². The first-order chi connectivity index (χ1) is 9.20. The standard InChI is InChI=1S/C12H18N4O2S/c1-2-6-15-7-9(17)16(12(15)18)11-14-13-10(19-11)8-4-3-5-8/h8-9,17H,2-7H2,1H3. The number of β-amino-alcohol motifs (C(OH)–C–C–N with tert-alkyl or cyclic N) is 1. The smallest absolute Gasteiger partial charge is 0.328 e. The number of hydrogen-bond acceptors (Lipinski definition) is 5. The van der Waals surface area contributed by atoms with E-state index in [1.165, 1.54) is 22.7 Å². The van der Waals surface area contributed by atoms with Crippen LogP contribution < -0.4 is 4.90 Å². The lowest BCUT2D eigenvalue weighted by Crippen LogP contribution is -2.35. The number of aliphatic hydroxyl groups excluding tert-OH is 1. The number of amides is 2. The minimum absolute atomic E-state index is 0.161. The van der Waals surface area contributed by atoms with Gasteiger partial charge in [-0.2, -0.15) is 0 Å². The fourth-order valence-electron chi connectivity index (χ4n) is 2.45. The van der Waals surface area contributed by atoms with Crippen LogP contribution in [-0.2, 0) is 0 Å². The zero-order valence-electron chi connectivity index (χ0n) is 10.9. The molecule has 1 aromatic rings. The van der Waals surface area contributed by atoms with Crippen LogP contribution in [0, 0.1) is 0 Å². The fraction of sp³-hybridized carbons (Fsp3) is 0.750. The first-order valence-corrected chi connectivity index (χ1v) is 7.62. The van der Waals surface area contributed by atoms with Gasteiger partial charge in [-0.25, -0.2) is 9.69 Å². The molecule has 0 aromatic carbocycles. The highest BCUT2D eigenvalue weighted by molar-refractivity contribution is 7.15. The number of urea groups is 1. The van der Waals surface area contributed by atoms with Crippen LogP contribution in [0.4, 0.5) is 9.93 Å². The molecule has 19 heavy (non-hydrogen) atoms. The minimum atomic E-state index is -0.804. The Bertz CT molecular complexity index is 474. The Labute approximate surface area is 116 Å². The second-order valence-electron chi connectivity index (χ2n) is 5.13. The molecule has 2 fully saturated rings. The van der Waals surface area contributed by atoms with E-state index < -0.39 is 6.23 Å². The van der Waals surface area contributed by atoms with Crippen molar-refractivity contribution in [3.05, 3.63) is 5.01 Å². The Morgan fingerprint density at radius 3 is 2.84 bits per heavy atom. The molecule has 1 aliphatic carbocycles. The molecule has 7 heteroatoms. The molecule has 1 saturated carbocycles. The van der Waals surface area contributed by atoms with Crippen LogP contribution in [0.1, 0.15) is 43.5 Å². The molecule has 1 atom stereocenters. The summed E-state index contributed by atoms with van der Waals surface area (Å²) in [5, 5.41) is 19.8. The van der Waals surface area contributed by atoms with Crippen LogP contribution >= 0.6 is 11.3 Å². The third kappa shape index (κ3) is 2.21. The van der Waals surface area contributed by atoms with E-state index in [0.29, 0.717) is 24.1 Å². The lowest BCUT2D eigenvalue weighted by Gasteiger charge is -2.22. The molecule has 1 unspecified atom stereocenters. The molecule has 2 amide bonds. The van der Waals surface area contributed by atoms with E-state index in [0.717, 1.165) is 24.3 Å². The summed E-state index contributed by atoms with van der Waals surface area (Å²) in [5.41, 5.74) is 0. The van der Waals surface area contributed by atoms with Gasteiger partial charge in [0, 0.05) is 12.5 Å². The molecule has 2 heterocycles. The van der Waals surface area contributed by atoms with E-state index >= 15 is 0 Å². The molecule has 1 aliphatic heterocycles. The van der Waals surface area contributed by atoms with Gasteiger partial charge in [0.05, 0.1) is 6.54 Å². The largest absolute Gasteiger partial charge is 0.371 e. The first kappa shape index (κ1) is 12.8. The number of carbonyl (C=O) groups excluding carboxylic acids is 1. The zero-order chi connectivity index (χ0) is 13.4. The van der Waals surface area contributed by atoms with E-state index in [2.05, 4.69) is 10.2 Å². The lowest BCUT2D eigenvalue weighted by molar-refractivity contribution is 0.177. The summed E-state index contributed by atoms with van der Waals surface area (Å²) in [6.45, 7) is 3.04. The van der Waals surface area contributed by atoms with Crippen molar-refractivity contribution in [3.63, 3.8) is 0 Å². The molecule has 0 bridgehead atoms. The van der Waals surface area contributed by atoms with Crippen molar-refractivity contribution >= 4 is 22.5 Å². The van der Waals surface area contributed by atoms with Crippen molar-refractivity contribution in [2.45, 2.75) is 44.8 Å². The monoisotopic (exact) mass is 282 g/mol. The summed E-state index contributed by atoms with van der Waals surface area (Å²) in [6.07, 6.45) is 3.65. The zero-order valence-corrected chi connectivity index (χ0v) is 11.8. The van der Waals surface area contributed by atoms with Crippen LogP contribution in [0.3, 0.4) is 0 Å². The van der Waals surface area contributed by atoms with Gasteiger partial charge in [-0.1, -0.05) is 24.7 Å². The highest BCUT2D eigenvalue weighted by Gasteiger charge is 2.39. The number of aliphatic hydroxyl groups is 1. The Kier molecular flexibility index (Phi) is 3.40. The predicted molar refractivity (Wildman–Crippen MR) is 72.2 cm³/mol. The first-order valence-electron chi connectivity index (χ1n) is 6.80. The number of anilines is 1. The molecule has 3 rings (SSSR count). The number of hydrogen-bond donors (Lipinski definition) is 1. The summed E-state index contributed by atoms with van der Waals surface area (Å²) in [7, 11) is 0. The van der Waals surface area contributed by atoms with Gasteiger partial charge in [0.25, 0.3) is 0 Å². The molecule has 6 nitrogen and oxygen atoms in total. The summed E-state index contributed by atoms with van der Waals surface area (Å²) in [6, 6.07) is -0.161. The van der Waals surface area contributed by atoms with Crippen molar-refractivity contribution in [1.82, 2.24) is 15.1 Å². The van der Waals surface area contributed by atoms with E-state index in [1.54, 1.807) is 4.90 Å². The summed E-state index contributed by atoms with van der Waals surface area (Å²) < 4.78 is 0. The van der Waals surface area contributed by atoms with E-state index in [4.69, 9.17) is 0 Å². The number of aromatic nitrogens is 2. The van der Waals surface area contributed by atoms with Crippen molar-refractivity contribution in [2.24, 2.45) is 0 Å². The molecule has 104 valence electrons. The molecule has 0 spiro atoms. The number of rotatable bonds is 4. The van der Waals surface area contributed by atoms with E-state index in [9.17, 15) is 9.90 Å². The Morgan fingerprint density at radius 2 is 2.21 bits per heavy atom. The van der Waals surface area contributed by atoms with Gasteiger partial charge in [0.2, 0.25) is 5.13 Å².